The van der Waals surface area contributed by atoms with Gasteiger partial charge in [-0.05, 0) is 32.4 Å². The monoisotopic (exact) mass is 358 g/mol. The number of rotatable bonds is 2. The van der Waals surface area contributed by atoms with Gasteiger partial charge in [-0.25, -0.2) is 9.78 Å². The van der Waals surface area contributed by atoms with Crippen LogP contribution in [0.25, 0.3) is 10.2 Å². The third-order valence-electron chi connectivity index (χ3n) is 5.63. The normalized spacial score (nSPS) is 26.0. The van der Waals surface area contributed by atoms with Crippen molar-refractivity contribution in [2.45, 2.75) is 44.8 Å². The first-order chi connectivity index (χ1) is 12.1. The maximum Gasteiger partial charge on any atom is 0.324 e. The van der Waals surface area contributed by atoms with Crippen LogP contribution in [0.3, 0.4) is 0 Å². The van der Waals surface area contributed by atoms with Crippen molar-refractivity contribution in [1.29, 1.82) is 0 Å². The van der Waals surface area contributed by atoms with E-state index in [-0.39, 0.29) is 18.1 Å². The number of anilines is 1. The van der Waals surface area contributed by atoms with Crippen molar-refractivity contribution in [2.24, 2.45) is 0 Å². The van der Waals surface area contributed by atoms with E-state index in [0.717, 1.165) is 53.6 Å². The minimum atomic E-state index is -0.00689. The Kier molecular flexibility index (Phi) is 3.43. The molecule has 2 saturated heterocycles. The van der Waals surface area contributed by atoms with E-state index >= 15 is 0 Å². The Bertz CT molecular complexity index is 849. The summed E-state index contributed by atoms with van der Waals surface area (Å²) < 4.78 is 6.79. The number of carbonyl (C=O) groups excluding carboxylic acids is 1. The summed E-state index contributed by atoms with van der Waals surface area (Å²) in [7, 11) is 0. The highest BCUT2D eigenvalue weighted by Crippen LogP contribution is 2.39. The average Bonchev–Trinajstić information content (AvgIpc) is 3.28. The van der Waals surface area contributed by atoms with Crippen LogP contribution in [0.2, 0.25) is 0 Å². The Hall–Kier alpha value is -1.86. The standard InChI is InChI=1S/C18H22N4O2S/c1-10(2)21-7-5-12-13(9-21)22(17(23)19-12)18-20-16-11-6-8-24-14(11)3-4-15(16)25-18/h3-4,10,12-13H,5-9H2,1-2H3,(H,19,23)/t12?,13-/m1/s1. The molecule has 7 heteroatoms. The van der Waals surface area contributed by atoms with Gasteiger partial charge in [0.15, 0.2) is 5.13 Å². The minimum absolute atomic E-state index is 0.00689. The number of nitrogens with one attached hydrogen (secondary N) is 1. The Labute approximate surface area is 150 Å². The summed E-state index contributed by atoms with van der Waals surface area (Å²) in [4.78, 5) is 21.9. The van der Waals surface area contributed by atoms with E-state index in [1.165, 1.54) is 5.56 Å². The first kappa shape index (κ1) is 15.4. The number of amides is 2. The first-order valence-electron chi connectivity index (χ1n) is 9.01. The Balaban J connectivity index is 1.53. The van der Waals surface area contributed by atoms with Gasteiger partial charge in [0.1, 0.15) is 5.75 Å². The van der Waals surface area contributed by atoms with Gasteiger partial charge in [0.25, 0.3) is 0 Å². The lowest BCUT2D eigenvalue weighted by molar-refractivity contribution is 0.158. The summed E-state index contributed by atoms with van der Waals surface area (Å²) in [6.45, 7) is 7.10. The predicted octanol–water partition coefficient (Wildman–Crippen LogP) is 2.61. The summed E-state index contributed by atoms with van der Waals surface area (Å²) in [5.41, 5.74) is 2.19. The molecule has 4 heterocycles. The number of urea groups is 1. The lowest BCUT2D eigenvalue weighted by Crippen LogP contribution is -2.53. The van der Waals surface area contributed by atoms with Gasteiger partial charge in [0.05, 0.1) is 28.9 Å². The number of aromatic nitrogens is 1. The number of fused-ring (bicyclic) bond motifs is 4. The lowest BCUT2D eigenvalue weighted by Gasteiger charge is -2.38. The average molecular weight is 358 g/mol. The molecule has 1 aromatic heterocycles. The van der Waals surface area contributed by atoms with E-state index in [2.05, 4.69) is 30.1 Å². The zero-order valence-electron chi connectivity index (χ0n) is 14.5. The van der Waals surface area contributed by atoms with Crippen LogP contribution >= 0.6 is 11.3 Å². The van der Waals surface area contributed by atoms with Crippen molar-refractivity contribution in [3.05, 3.63) is 17.7 Å². The van der Waals surface area contributed by atoms with Crippen molar-refractivity contribution in [3.8, 4) is 5.75 Å². The fourth-order valence-electron chi connectivity index (χ4n) is 4.22. The molecular formula is C18H22N4O2S. The number of nitrogens with zero attached hydrogens (tertiary/aromatic N) is 3. The molecule has 6 nitrogen and oxygen atoms in total. The van der Waals surface area contributed by atoms with Crippen molar-refractivity contribution >= 4 is 32.7 Å². The Morgan fingerprint density at radius 2 is 2.28 bits per heavy atom. The molecule has 1 N–H and O–H groups in total. The van der Waals surface area contributed by atoms with E-state index in [1.807, 2.05) is 11.0 Å². The van der Waals surface area contributed by atoms with Crippen LogP contribution in [0.15, 0.2) is 12.1 Å². The van der Waals surface area contributed by atoms with E-state index in [1.54, 1.807) is 11.3 Å². The maximum atomic E-state index is 12.7. The number of benzene rings is 1. The quantitative estimate of drug-likeness (QED) is 0.897. The van der Waals surface area contributed by atoms with Gasteiger partial charge in [-0.15, -0.1) is 0 Å². The highest BCUT2D eigenvalue weighted by molar-refractivity contribution is 7.22. The van der Waals surface area contributed by atoms with E-state index < -0.39 is 0 Å². The van der Waals surface area contributed by atoms with Gasteiger partial charge in [0, 0.05) is 31.1 Å². The number of carbonyl (C=O) groups is 1. The largest absolute Gasteiger partial charge is 0.493 e. The van der Waals surface area contributed by atoms with Gasteiger partial charge in [-0.3, -0.25) is 9.80 Å². The van der Waals surface area contributed by atoms with Crippen molar-refractivity contribution in [2.75, 3.05) is 24.6 Å². The molecule has 2 atom stereocenters. The molecule has 2 fully saturated rings. The number of hydrogen-bond acceptors (Lipinski definition) is 5. The summed E-state index contributed by atoms with van der Waals surface area (Å²) >= 11 is 1.61. The zero-order valence-corrected chi connectivity index (χ0v) is 15.3. The fourth-order valence-corrected chi connectivity index (χ4v) is 5.28. The van der Waals surface area contributed by atoms with Crippen LogP contribution < -0.4 is 15.0 Å². The van der Waals surface area contributed by atoms with E-state index in [0.29, 0.717) is 6.04 Å². The molecule has 0 radical (unpaired) electrons. The van der Waals surface area contributed by atoms with Crippen LogP contribution in [-0.2, 0) is 6.42 Å². The lowest BCUT2D eigenvalue weighted by atomic mass is 9.99. The molecule has 0 bridgehead atoms. The Morgan fingerprint density at radius 1 is 1.40 bits per heavy atom. The number of hydrogen-bond donors (Lipinski definition) is 1. The zero-order chi connectivity index (χ0) is 17.1. The summed E-state index contributed by atoms with van der Waals surface area (Å²) in [5, 5.41) is 3.97. The predicted molar refractivity (Wildman–Crippen MR) is 98.7 cm³/mol. The molecule has 1 unspecified atom stereocenters. The fraction of sp³-hybridized carbons (Fsp3) is 0.556. The SMILES string of the molecule is CC(C)N1CCC2NC(=O)N(c3nc4c5c(ccc4s3)OCC5)[C@@H]2C1. The molecule has 5 rings (SSSR count). The third-order valence-corrected chi connectivity index (χ3v) is 6.65. The number of ether oxygens (including phenoxy) is 1. The van der Waals surface area contributed by atoms with Gasteiger partial charge in [-0.2, -0.15) is 0 Å². The van der Waals surface area contributed by atoms with Crippen LogP contribution in [-0.4, -0.2) is 53.7 Å². The van der Waals surface area contributed by atoms with E-state index in [4.69, 9.17) is 9.72 Å². The summed E-state index contributed by atoms with van der Waals surface area (Å²) in [6, 6.07) is 4.97. The number of likely N-dealkylation sites (tertiary alicyclic amines) is 1. The van der Waals surface area contributed by atoms with E-state index in [9.17, 15) is 4.79 Å². The van der Waals surface area contributed by atoms with Gasteiger partial charge < -0.3 is 10.1 Å². The molecule has 0 spiro atoms. The van der Waals surface area contributed by atoms with Crippen molar-refractivity contribution in [3.63, 3.8) is 0 Å². The maximum absolute atomic E-state index is 12.7. The molecule has 2 aromatic rings. The molecule has 0 aliphatic carbocycles. The van der Waals surface area contributed by atoms with Gasteiger partial charge in [0.2, 0.25) is 0 Å². The summed E-state index contributed by atoms with van der Waals surface area (Å²) in [5.74, 6) is 0.941. The Morgan fingerprint density at radius 3 is 3.12 bits per heavy atom. The van der Waals surface area contributed by atoms with Crippen LogP contribution in [0.4, 0.5) is 9.93 Å². The summed E-state index contributed by atoms with van der Waals surface area (Å²) in [6.07, 6.45) is 1.90. The van der Waals surface area contributed by atoms with Gasteiger partial charge >= 0.3 is 6.03 Å². The highest BCUT2D eigenvalue weighted by Gasteiger charge is 2.45. The second-order valence-electron chi connectivity index (χ2n) is 7.35. The van der Waals surface area contributed by atoms with Crippen LogP contribution in [0.1, 0.15) is 25.8 Å². The van der Waals surface area contributed by atoms with Crippen molar-refractivity contribution in [1.82, 2.24) is 15.2 Å². The van der Waals surface area contributed by atoms with Crippen LogP contribution in [0.5, 0.6) is 5.75 Å². The second-order valence-corrected chi connectivity index (χ2v) is 8.36. The topological polar surface area (TPSA) is 57.7 Å². The molecule has 3 aliphatic heterocycles. The molecular weight excluding hydrogens is 336 g/mol. The highest BCUT2D eigenvalue weighted by atomic mass is 32.1. The molecule has 2 amide bonds. The molecule has 1 aromatic carbocycles. The molecule has 25 heavy (non-hydrogen) atoms. The minimum Gasteiger partial charge on any atom is -0.493 e. The van der Waals surface area contributed by atoms with Crippen molar-refractivity contribution < 1.29 is 9.53 Å². The smallest absolute Gasteiger partial charge is 0.324 e. The molecule has 3 aliphatic rings. The first-order valence-corrected chi connectivity index (χ1v) is 9.82. The second kappa shape index (κ2) is 5.57. The number of thiazole rings is 1. The molecule has 0 saturated carbocycles. The number of piperidine rings is 1. The van der Waals surface area contributed by atoms with Gasteiger partial charge in [-0.1, -0.05) is 11.3 Å². The third kappa shape index (κ3) is 2.33. The van der Waals surface area contributed by atoms with Crippen LogP contribution in [0, 0.1) is 0 Å². The molecule has 132 valence electrons.